The Hall–Kier alpha value is -2.07. The first-order chi connectivity index (χ1) is 9.78. The fraction of sp³-hybridized carbons (Fsp3) is 0.188. The van der Waals surface area contributed by atoms with Crippen molar-refractivity contribution in [3.63, 3.8) is 0 Å². The molecule has 0 aliphatic carbocycles. The number of thiocarbonyl (C=S) groups is 1. The van der Waals surface area contributed by atoms with Crippen LogP contribution in [0.3, 0.4) is 0 Å². The molecule has 2 rings (SSSR count). The molecular formula is C16H18N2OS. The average molecular weight is 286 g/mol. The van der Waals surface area contributed by atoms with Crippen LogP contribution >= 0.6 is 12.2 Å². The van der Waals surface area contributed by atoms with Gasteiger partial charge < -0.3 is 15.4 Å². The lowest BCUT2D eigenvalue weighted by molar-refractivity contribution is 0.340. The van der Waals surface area contributed by atoms with E-state index in [1.54, 1.807) is 0 Å². The van der Waals surface area contributed by atoms with Crippen LogP contribution in [0, 0.1) is 0 Å². The smallest absolute Gasteiger partial charge is 0.171 e. The van der Waals surface area contributed by atoms with E-state index in [4.69, 9.17) is 17.0 Å². The summed E-state index contributed by atoms with van der Waals surface area (Å²) in [6.07, 6.45) is 0. The van der Waals surface area contributed by atoms with E-state index in [1.807, 2.05) is 61.5 Å². The number of nitrogens with one attached hydrogen (secondary N) is 2. The Bertz CT molecular complexity index is 540. The molecule has 2 N–H and O–H groups in total. The molecule has 0 amide bonds. The fourth-order valence-corrected chi connectivity index (χ4v) is 1.94. The van der Waals surface area contributed by atoms with E-state index in [9.17, 15) is 0 Å². The van der Waals surface area contributed by atoms with Crippen molar-refractivity contribution >= 4 is 23.0 Å². The maximum absolute atomic E-state index is 5.41. The van der Waals surface area contributed by atoms with Crippen molar-refractivity contribution in [1.82, 2.24) is 5.32 Å². The minimum Gasteiger partial charge on any atom is -0.494 e. The van der Waals surface area contributed by atoms with Crippen molar-refractivity contribution in [2.75, 3.05) is 11.9 Å². The minimum absolute atomic E-state index is 0.616. The van der Waals surface area contributed by atoms with Gasteiger partial charge in [0.25, 0.3) is 0 Å². The van der Waals surface area contributed by atoms with E-state index in [-0.39, 0.29) is 0 Å². The van der Waals surface area contributed by atoms with Crippen molar-refractivity contribution in [1.29, 1.82) is 0 Å². The second-order valence-corrected chi connectivity index (χ2v) is 4.66. The van der Waals surface area contributed by atoms with Gasteiger partial charge in [0, 0.05) is 12.2 Å². The van der Waals surface area contributed by atoms with Gasteiger partial charge in [0.1, 0.15) is 5.75 Å². The second-order valence-electron chi connectivity index (χ2n) is 4.25. The average Bonchev–Trinajstić information content (AvgIpc) is 2.48. The molecule has 20 heavy (non-hydrogen) atoms. The highest BCUT2D eigenvalue weighted by molar-refractivity contribution is 7.80. The Kier molecular flexibility index (Phi) is 5.38. The molecule has 0 saturated heterocycles. The summed E-state index contributed by atoms with van der Waals surface area (Å²) in [7, 11) is 0. The predicted octanol–water partition coefficient (Wildman–Crippen LogP) is 3.57. The summed E-state index contributed by atoms with van der Waals surface area (Å²) in [5.74, 6) is 0.890. The maximum atomic E-state index is 5.41. The van der Waals surface area contributed by atoms with Gasteiger partial charge >= 0.3 is 0 Å². The molecular weight excluding hydrogens is 268 g/mol. The van der Waals surface area contributed by atoms with Gasteiger partial charge in [-0.2, -0.15) is 0 Å². The first-order valence-electron chi connectivity index (χ1n) is 6.59. The molecule has 0 saturated carbocycles. The Morgan fingerprint density at radius 1 is 1.05 bits per heavy atom. The molecule has 0 unspecified atom stereocenters. The van der Waals surface area contributed by atoms with Crippen LogP contribution in [0.4, 0.5) is 5.69 Å². The third-order valence-corrected chi connectivity index (χ3v) is 2.97. The number of rotatable bonds is 5. The molecule has 0 atom stereocenters. The maximum Gasteiger partial charge on any atom is 0.171 e. The first-order valence-corrected chi connectivity index (χ1v) is 7.00. The summed E-state index contributed by atoms with van der Waals surface area (Å²) in [4.78, 5) is 0. The Morgan fingerprint density at radius 3 is 2.40 bits per heavy atom. The zero-order chi connectivity index (χ0) is 14.2. The SMILES string of the molecule is CCOc1ccc(CNC(=S)Nc2ccccc2)cc1. The van der Waals surface area contributed by atoms with Crippen LogP contribution in [0.2, 0.25) is 0 Å². The number of ether oxygens (including phenoxy) is 1. The van der Waals surface area contributed by atoms with Crippen LogP contribution in [0.1, 0.15) is 12.5 Å². The molecule has 3 nitrogen and oxygen atoms in total. The fourth-order valence-electron chi connectivity index (χ4n) is 1.75. The van der Waals surface area contributed by atoms with Crippen molar-refractivity contribution in [3.8, 4) is 5.75 Å². The largest absolute Gasteiger partial charge is 0.494 e. The number of benzene rings is 2. The molecule has 0 radical (unpaired) electrons. The van der Waals surface area contributed by atoms with Crippen LogP contribution < -0.4 is 15.4 Å². The number of hydrogen-bond donors (Lipinski definition) is 2. The van der Waals surface area contributed by atoms with Crippen molar-refractivity contribution in [2.24, 2.45) is 0 Å². The normalized spacial score (nSPS) is 9.85. The van der Waals surface area contributed by atoms with Crippen LogP contribution in [-0.2, 0) is 6.54 Å². The molecule has 0 bridgehead atoms. The van der Waals surface area contributed by atoms with Crippen LogP contribution in [0.5, 0.6) is 5.75 Å². The molecule has 104 valence electrons. The molecule has 2 aromatic carbocycles. The summed E-state index contributed by atoms with van der Waals surface area (Å²) in [6.45, 7) is 3.34. The first kappa shape index (κ1) is 14.3. The lowest BCUT2D eigenvalue weighted by Crippen LogP contribution is -2.27. The molecule has 2 aromatic rings. The van der Waals surface area contributed by atoms with Crippen molar-refractivity contribution in [2.45, 2.75) is 13.5 Å². The Labute approximate surface area is 125 Å². The Balaban J connectivity index is 1.81. The van der Waals surface area contributed by atoms with E-state index in [1.165, 1.54) is 0 Å². The van der Waals surface area contributed by atoms with E-state index >= 15 is 0 Å². The summed E-state index contributed by atoms with van der Waals surface area (Å²) >= 11 is 5.26. The van der Waals surface area contributed by atoms with Gasteiger partial charge in [0.05, 0.1) is 6.61 Å². The van der Waals surface area contributed by atoms with Crippen LogP contribution in [0.25, 0.3) is 0 Å². The van der Waals surface area contributed by atoms with Gasteiger partial charge in [-0.1, -0.05) is 30.3 Å². The van der Waals surface area contributed by atoms with Crippen LogP contribution in [0.15, 0.2) is 54.6 Å². The number of anilines is 1. The van der Waals surface area contributed by atoms with Gasteiger partial charge in [-0.15, -0.1) is 0 Å². The van der Waals surface area contributed by atoms with E-state index in [0.29, 0.717) is 18.3 Å². The molecule has 0 aliphatic rings. The molecule has 0 fully saturated rings. The lowest BCUT2D eigenvalue weighted by atomic mass is 10.2. The van der Waals surface area contributed by atoms with Gasteiger partial charge in [-0.05, 0) is 49.0 Å². The topological polar surface area (TPSA) is 33.3 Å². The van der Waals surface area contributed by atoms with Gasteiger partial charge in [-0.25, -0.2) is 0 Å². The summed E-state index contributed by atoms with van der Waals surface area (Å²) in [5.41, 5.74) is 2.14. The quantitative estimate of drug-likeness (QED) is 0.823. The van der Waals surface area contributed by atoms with Crippen molar-refractivity contribution in [3.05, 3.63) is 60.2 Å². The van der Waals surface area contributed by atoms with Gasteiger partial charge in [-0.3, -0.25) is 0 Å². The lowest BCUT2D eigenvalue weighted by Gasteiger charge is -2.11. The van der Waals surface area contributed by atoms with Gasteiger partial charge in [0.2, 0.25) is 0 Å². The summed E-state index contributed by atoms with van der Waals surface area (Å²) in [5, 5.41) is 6.93. The third-order valence-electron chi connectivity index (χ3n) is 2.72. The summed E-state index contributed by atoms with van der Waals surface area (Å²) in [6, 6.07) is 17.9. The van der Waals surface area contributed by atoms with Crippen LogP contribution in [-0.4, -0.2) is 11.7 Å². The third kappa shape index (κ3) is 4.55. The molecule has 0 aromatic heterocycles. The second kappa shape index (κ2) is 7.50. The minimum atomic E-state index is 0.616. The van der Waals surface area contributed by atoms with E-state index in [2.05, 4.69) is 10.6 Å². The molecule has 4 heteroatoms. The zero-order valence-electron chi connectivity index (χ0n) is 11.4. The highest BCUT2D eigenvalue weighted by Crippen LogP contribution is 2.12. The highest BCUT2D eigenvalue weighted by Gasteiger charge is 1.98. The summed E-state index contributed by atoms with van der Waals surface area (Å²) < 4.78 is 5.41. The highest BCUT2D eigenvalue weighted by atomic mass is 32.1. The zero-order valence-corrected chi connectivity index (χ0v) is 12.2. The standard InChI is InChI=1S/C16H18N2OS/c1-2-19-15-10-8-13(9-11-15)12-17-16(20)18-14-6-4-3-5-7-14/h3-11H,2,12H2,1H3,(H2,17,18,20). The monoisotopic (exact) mass is 286 g/mol. The molecule has 0 aliphatic heterocycles. The molecule has 0 heterocycles. The number of para-hydroxylation sites is 1. The molecule has 0 spiro atoms. The van der Waals surface area contributed by atoms with E-state index in [0.717, 1.165) is 17.0 Å². The van der Waals surface area contributed by atoms with Crippen molar-refractivity contribution < 1.29 is 4.74 Å². The Morgan fingerprint density at radius 2 is 1.75 bits per heavy atom. The van der Waals surface area contributed by atoms with E-state index < -0.39 is 0 Å². The number of hydrogen-bond acceptors (Lipinski definition) is 2. The predicted molar refractivity (Wildman–Crippen MR) is 87.1 cm³/mol. The van der Waals surface area contributed by atoms with Gasteiger partial charge in [0.15, 0.2) is 5.11 Å².